The van der Waals surface area contributed by atoms with Crippen molar-refractivity contribution in [2.24, 2.45) is 0 Å². The highest BCUT2D eigenvalue weighted by molar-refractivity contribution is 7.14. The lowest BCUT2D eigenvalue weighted by molar-refractivity contribution is 1.25. The summed E-state index contributed by atoms with van der Waals surface area (Å²) in [7, 11) is -2.35. The van der Waals surface area contributed by atoms with Crippen molar-refractivity contribution in [1.29, 1.82) is 0 Å². The fraction of sp³-hybridized carbons (Fsp3) is 0.105. The summed E-state index contributed by atoms with van der Waals surface area (Å²) in [4.78, 5) is 10.4. The number of allylic oxidation sites excluding steroid dienone is 2. The molecule has 2 nitrogen and oxygen atoms in total. The summed E-state index contributed by atoms with van der Waals surface area (Å²) in [5, 5.41) is 7.66. The predicted octanol–water partition coefficient (Wildman–Crippen LogP) is 9.89. The summed E-state index contributed by atoms with van der Waals surface area (Å²) in [6, 6.07) is 45.8. The number of nitrogens with zero attached hydrogens (tertiary/aromatic N) is 2. The molecule has 3 heterocycles. The predicted molar refractivity (Wildman–Crippen MR) is 177 cm³/mol. The Morgan fingerprint density at radius 1 is 0.463 bits per heavy atom. The van der Waals surface area contributed by atoms with Gasteiger partial charge in [0.05, 0.1) is 11.4 Å². The van der Waals surface area contributed by atoms with Crippen molar-refractivity contribution in [2.45, 2.75) is 25.9 Å². The number of hydrogen-bond acceptors (Lipinski definition) is 2. The van der Waals surface area contributed by atoms with Gasteiger partial charge in [-0.2, -0.15) is 0 Å². The summed E-state index contributed by atoms with van der Waals surface area (Å²) in [6.07, 6.45) is 4.11. The molecule has 1 aliphatic heterocycles. The van der Waals surface area contributed by atoms with Crippen molar-refractivity contribution in [3.8, 4) is 0 Å². The highest BCUT2D eigenvalue weighted by Gasteiger charge is 2.49. The van der Waals surface area contributed by atoms with Crippen molar-refractivity contribution in [1.82, 2.24) is 9.97 Å². The molecular formula is C38H32N2Si. The highest BCUT2D eigenvalue weighted by atomic mass is 28.3. The van der Waals surface area contributed by atoms with Crippen LogP contribution in [-0.2, 0) is 0 Å². The zero-order valence-electron chi connectivity index (χ0n) is 23.5. The van der Waals surface area contributed by atoms with E-state index in [1.807, 2.05) is 0 Å². The molecule has 2 aromatic heterocycles. The summed E-state index contributed by atoms with van der Waals surface area (Å²) >= 11 is 0. The minimum atomic E-state index is -2.35. The van der Waals surface area contributed by atoms with Gasteiger partial charge in [-0.1, -0.05) is 135 Å². The molecule has 0 amide bonds. The number of benzene rings is 4. The van der Waals surface area contributed by atoms with Gasteiger partial charge in [0, 0.05) is 23.2 Å². The molecule has 0 N–H and O–H groups in total. The van der Waals surface area contributed by atoms with Crippen LogP contribution in [0.15, 0.2) is 134 Å². The Labute approximate surface area is 242 Å². The third kappa shape index (κ3) is 4.16. The van der Waals surface area contributed by atoms with Gasteiger partial charge >= 0.3 is 0 Å². The average Bonchev–Trinajstić information content (AvgIpc) is 3.36. The Balaban J connectivity index is 1.63. The van der Waals surface area contributed by atoms with Crippen LogP contribution in [0.2, 0.25) is 12.1 Å². The maximum atomic E-state index is 5.19. The van der Waals surface area contributed by atoms with Gasteiger partial charge in [0.15, 0.2) is 0 Å². The van der Waals surface area contributed by atoms with Crippen molar-refractivity contribution in [3.63, 3.8) is 0 Å². The Morgan fingerprint density at radius 2 is 0.829 bits per heavy atom. The fourth-order valence-corrected chi connectivity index (χ4v) is 11.7. The minimum absolute atomic E-state index is 1.07. The molecule has 41 heavy (non-hydrogen) atoms. The molecule has 0 atom stereocenters. The molecule has 4 aromatic carbocycles. The van der Waals surface area contributed by atoms with E-state index in [9.17, 15) is 0 Å². The SMILES string of the molecule is CC[Si]1(CC)C(c2cc3ccccc3cn2)=C(c2ccccc2)C(c2ccccc2)=C1c1cc2ccccc2cn1. The molecule has 0 radical (unpaired) electrons. The van der Waals surface area contributed by atoms with Crippen LogP contribution in [0.3, 0.4) is 0 Å². The molecule has 0 unspecified atom stereocenters. The van der Waals surface area contributed by atoms with Gasteiger partial charge in [-0.25, -0.2) is 0 Å². The van der Waals surface area contributed by atoms with E-state index in [0.29, 0.717) is 0 Å². The molecule has 0 spiro atoms. The van der Waals surface area contributed by atoms with Crippen molar-refractivity contribution in [3.05, 3.63) is 156 Å². The Kier molecular flexibility index (Phi) is 6.45. The molecule has 7 rings (SSSR count). The maximum Gasteiger partial charge on any atom is 0.124 e. The first-order valence-electron chi connectivity index (χ1n) is 14.5. The van der Waals surface area contributed by atoms with Gasteiger partial charge in [-0.15, -0.1) is 0 Å². The first-order valence-corrected chi connectivity index (χ1v) is 17.0. The van der Waals surface area contributed by atoms with Crippen LogP contribution in [-0.4, -0.2) is 18.0 Å². The molecule has 6 aromatic rings. The lowest BCUT2D eigenvalue weighted by Crippen LogP contribution is -2.35. The summed E-state index contributed by atoms with van der Waals surface area (Å²) in [5.74, 6) is 0. The zero-order chi connectivity index (χ0) is 27.8. The van der Waals surface area contributed by atoms with Gasteiger partial charge in [-0.05, 0) is 55.6 Å². The zero-order valence-corrected chi connectivity index (χ0v) is 24.5. The van der Waals surface area contributed by atoms with Crippen LogP contribution < -0.4 is 0 Å². The van der Waals surface area contributed by atoms with Crippen LogP contribution in [0, 0.1) is 0 Å². The molecule has 0 aliphatic carbocycles. The third-order valence-corrected chi connectivity index (χ3v) is 14.2. The fourth-order valence-electron chi connectivity index (χ4n) is 6.78. The summed E-state index contributed by atoms with van der Waals surface area (Å²) < 4.78 is 0. The van der Waals surface area contributed by atoms with E-state index >= 15 is 0 Å². The average molecular weight is 545 g/mol. The maximum absolute atomic E-state index is 5.19. The van der Waals surface area contributed by atoms with Crippen LogP contribution in [0.25, 0.3) is 43.1 Å². The number of aromatic nitrogens is 2. The monoisotopic (exact) mass is 544 g/mol. The summed E-state index contributed by atoms with van der Waals surface area (Å²) in [6.45, 7) is 4.77. The lowest BCUT2D eigenvalue weighted by atomic mass is 9.90. The van der Waals surface area contributed by atoms with Crippen LogP contribution >= 0.6 is 0 Å². The quantitative estimate of drug-likeness (QED) is 0.195. The number of fused-ring (bicyclic) bond motifs is 2. The van der Waals surface area contributed by atoms with E-state index in [-0.39, 0.29) is 0 Å². The summed E-state index contributed by atoms with van der Waals surface area (Å²) in [5.41, 5.74) is 7.32. The van der Waals surface area contributed by atoms with E-state index in [2.05, 4.69) is 148 Å². The van der Waals surface area contributed by atoms with E-state index < -0.39 is 8.07 Å². The molecule has 3 heteroatoms. The second-order valence-electron chi connectivity index (χ2n) is 10.9. The number of rotatable bonds is 6. The Morgan fingerprint density at radius 3 is 1.22 bits per heavy atom. The standard InChI is InChI=1S/C38H32N2Si/c1-3-41(4-2)37(33-23-29-19-11-13-21-31(29)25-39-33)35(27-15-7-5-8-16-27)36(28-17-9-6-10-18-28)38(41)34-24-30-20-12-14-22-32(30)26-40-34/h5-26H,3-4H2,1-2H3. The van der Waals surface area contributed by atoms with Crippen LogP contribution in [0.5, 0.6) is 0 Å². The Bertz CT molecular complexity index is 1810. The lowest BCUT2D eigenvalue weighted by Gasteiger charge is -2.32. The van der Waals surface area contributed by atoms with Gasteiger partial charge in [-0.3, -0.25) is 9.97 Å². The van der Waals surface area contributed by atoms with E-state index in [4.69, 9.17) is 9.97 Å². The van der Waals surface area contributed by atoms with Gasteiger partial charge in [0.25, 0.3) is 0 Å². The van der Waals surface area contributed by atoms with Gasteiger partial charge in [0.2, 0.25) is 0 Å². The molecule has 0 saturated carbocycles. The first kappa shape index (κ1) is 25.4. The molecule has 0 bridgehead atoms. The third-order valence-electron chi connectivity index (χ3n) is 8.81. The first-order chi connectivity index (χ1) is 20.2. The van der Waals surface area contributed by atoms with E-state index in [1.54, 1.807) is 0 Å². The van der Waals surface area contributed by atoms with Crippen LogP contribution in [0.1, 0.15) is 36.4 Å². The van der Waals surface area contributed by atoms with Crippen molar-refractivity contribution in [2.75, 3.05) is 0 Å². The van der Waals surface area contributed by atoms with E-state index in [1.165, 1.54) is 54.2 Å². The van der Waals surface area contributed by atoms with Gasteiger partial charge in [0.1, 0.15) is 8.07 Å². The number of hydrogen-bond donors (Lipinski definition) is 0. The highest BCUT2D eigenvalue weighted by Crippen LogP contribution is 2.57. The molecule has 198 valence electrons. The molecule has 0 saturated heterocycles. The smallest absolute Gasteiger partial charge is 0.124 e. The van der Waals surface area contributed by atoms with Crippen LogP contribution in [0.4, 0.5) is 0 Å². The normalized spacial score (nSPS) is 14.8. The number of pyridine rings is 2. The van der Waals surface area contributed by atoms with Gasteiger partial charge < -0.3 is 0 Å². The minimum Gasteiger partial charge on any atom is -0.256 e. The molecular weight excluding hydrogens is 513 g/mol. The molecule has 1 aliphatic rings. The van der Waals surface area contributed by atoms with Crippen molar-refractivity contribution >= 4 is 51.2 Å². The molecule has 0 fully saturated rings. The second kappa shape index (κ2) is 10.4. The van der Waals surface area contributed by atoms with E-state index in [0.717, 1.165) is 23.5 Å². The topological polar surface area (TPSA) is 25.8 Å². The largest absolute Gasteiger partial charge is 0.256 e. The second-order valence-corrected chi connectivity index (χ2v) is 15.4. The van der Waals surface area contributed by atoms with Crippen molar-refractivity contribution < 1.29 is 0 Å². The Hall–Kier alpha value is -4.60.